The summed E-state index contributed by atoms with van der Waals surface area (Å²) in [5, 5.41) is 2.37. The number of pyridine rings is 1. The maximum atomic E-state index is 5.41. The molecule has 0 saturated heterocycles. The van der Waals surface area contributed by atoms with Crippen molar-refractivity contribution in [1.82, 2.24) is 14.5 Å². The number of fused-ring (bicyclic) bond motifs is 8. The van der Waals surface area contributed by atoms with Crippen LogP contribution in [0, 0.1) is 0 Å². The summed E-state index contributed by atoms with van der Waals surface area (Å²) >= 11 is 0. The van der Waals surface area contributed by atoms with E-state index in [1.54, 1.807) is 0 Å². The summed E-state index contributed by atoms with van der Waals surface area (Å²) in [7, 11) is 0. The Morgan fingerprint density at radius 1 is 0.380 bits per heavy atom. The average Bonchev–Trinajstić information content (AvgIpc) is 3.49. The minimum Gasteiger partial charge on any atom is -0.280 e. The molecule has 4 heteroatoms. The number of nitrogens with zero attached hydrogens (tertiary/aromatic N) is 4. The second-order valence-electron chi connectivity index (χ2n) is 12.7. The Bertz CT molecular complexity index is 2650. The fourth-order valence-corrected chi connectivity index (χ4v) is 7.33. The lowest BCUT2D eigenvalue weighted by Crippen LogP contribution is -2.14. The number of rotatable bonds is 4. The summed E-state index contributed by atoms with van der Waals surface area (Å²) in [6.07, 6.45) is 0. The van der Waals surface area contributed by atoms with Crippen LogP contribution in [0.3, 0.4) is 0 Å². The van der Waals surface area contributed by atoms with E-state index in [4.69, 9.17) is 9.97 Å². The zero-order valence-corrected chi connectivity index (χ0v) is 27.1. The molecule has 10 rings (SSSR count). The highest BCUT2D eigenvalue weighted by Gasteiger charge is 2.29. The lowest BCUT2D eigenvalue weighted by molar-refractivity contribution is 1.05. The summed E-state index contributed by atoms with van der Waals surface area (Å²) in [6.45, 7) is 0. The van der Waals surface area contributed by atoms with Crippen molar-refractivity contribution in [3.05, 3.63) is 182 Å². The summed E-state index contributed by atoms with van der Waals surface area (Å²) < 4.78 is 2.33. The number of imidazole rings is 1. The molecule has 0 unspecified atom stereocenters. The van der Waals surface area contributed by atoms with Crippen LogP contribution in [-0.4, -0.2) is 14.5 Å². The molecular formula is C46H30N4. The standard InChI is InChI=1S/C46H30N4/c1-3-14-31(15-4-1)40-28-36(29-41(47-40)32-16-5-2-6-17-32)33-20-13-21-37(26-33)49-43-24-11-9-22-38(43)39-23-10-12-25-44(39)50-45-30-35-19-8-7-18-34(35)27-42(45)48-46(49)50/h1-30H. The first-order valence-electron chi connectivity index (χ1n) is 16.9. The molecule has 3 heterocycles. The van der Waals surface area contributed by atoms with Gasteiger partial charge < -0.3 is 0 Å². The van der Waals surface area contributed by atoms with Gasteiger partial charge in [0.05, 0.1) is 33.8 Å². The van der Waals surface area contributed by atoms with E-state index in [0.717, 1.165) is 73.2 Å². The molecule has 1 aliphatic heterocycles. The predicted molar refractivity (Wildman–Crippen MR) is 206 cm³/mol. The minimum atomic E-state index is 0.856. The van der Waals surface area contributed by atoms with Gasteiger partial charge in [-0.2, -0.15) is 0 Å². The number of benzene rings is 7. The quantitative estimate of drug-likeness (QED) is 0.192. The van der Waals surface area contributed by atoms with E-state index in [1.165, 1.54) is 16.3 Å². The van der Waals surface area contributed by atoms with Gasteiger partial charge in [-0.25, -0.2) is 9.97 Å². The molecule has 9 aromatic rings. The van der Waals surface area contributed by atoms with Crippen LogP contribution in [0.5, 0.6) is 0 Å². The molecule has 1 aliphatic rings. The van der Waals surface area contributed by atoms with Crippen molar-refractivity contribution in [3.8, 4) is 50.5 Å². The van der Waals surface area contributed by atoms with Crippen molar-refractivity contribution in [2.75, 3.05) is 4.90 Å². The SMILES string of the molecule is c1ccc(-c2cc(-c3cccc(N4c5ccccc5-c5ccccc5-n5c4nc4cc6ccccc6cc45)c3)cc(-c3ccccc3)n2)cc1. The average molecular weight is 639 g/mol. The van der Waals surface area contributed by atoms with E-state index in [9.17, 15) is 0 Å². The van der Waals surface area contributed by atoms with E-state index in [2.05, 4.69) is 179 Å². The molecule has 7 aromatic carbocycles. The van der Waals surface area contributed by atoms with Crippen molar-refractivity contribution in [3.63, 3.8) is 0 Å². The fourth-order valence-electron chi connectivity index (χ4n) is 7.33. The van der Waals surface area contributed by atoms with Crippen LogP contribution in [0.25, 0.3) is 72.3 Å². The largest absolute Gasteiger partial charge is 0.280 e. The van der Waals surface area contributed by atoms with Crippen molar-refractivity contribution in [2.45, 2.75) is 0 Å². The Balaban J connectivity index is 1.22. The summed E-state index contributed by atoms with van der Waals surface area (Å²) in [6, 6.07) is 64.4. The van der Waals surface area contributed by atoms with E-state index in [0.29, 0.717) is 0 Å². The van der Waals surface area contributed by atoms with Crippen LogP contribution in [-0.2, 0) is 0 Å². The van der Waals surface area contributed by atoms with Crippen molar-refractivity contribution in [1.29, 1.82) is 0 Å². The van der Waals surface area contributed by atoms with Crippen LogP contribution in [0.15, 0.2) is 182 Å². The molecule has 0 saturated carbocycles. The first-order chi connectivity index (χ1) is 24.8. The van der Waals surface area contributed by atoms with Crippen LogP contribution in [0.2, 0.25) is 0 Å². The number of hydrogen-bond acceptors (Lipinski definition) is 3. The molecule has 0 bridgehead atoms. The first kappa shape index (κ1) is 28.3. The molecular weight excluding hydrogens is 609 g/mol. The molecule has 0 fully saturated rings. The van der Waals surface area contributed by atoms with Gasteiger partial charge in [-0.15, -0.1) is 0 Å². The molecule has 0 spiro atoms. The molecule has 50 heavy (non-hydrogen) atoms. The Morgan fingerprint density at radius 3 is 1.64 bits per heavy atom. The maximum Gasteiger partial charge on any atom is 0.220 e. The Labute approximate surface area is 290 Å². The van der Waals surface area contributed by atoms with Gasteiger partial charge >= 0.3 is 0 Å². The van der Waals surface area contributed by atoms with Gasteiger partial charge in [-0.05, 0) is 70.4 Å². The van der Waals surface area contributed by atoms with Crippen LogP contribution >= 0.6 is 0 Å². The van der Waals surface area contributed by atoms with Crippen molar-refractivity contribution < 1.29 is 0 Å². The monoisotopic (exact) mass is 638 g/mol. The third kappa shape index (κ3) is 4.61. The highest BCUT2D eigenvalue weighted by Crippen LogP contribution is 2.48. The molecule has 4 nitrogen and oxygen atoms in total. The third-order valence-corrected chi connectivity index (χ3v) is 9.69. The van der Waals surface area contributed by atoms with Crippen molar-refractivity contribution in [2.24, 2.45) is 0 Å². The minimum absolute atomic E-state index is 0.856. The number of aromatic nitrogens is 3. The Morgan fingerprint density at radius 2 is 0.940 bits per heavy atom. The van der Waals surface area contributed by atoms with Crippen LogP contribution in [0.1, 0.15) is 0 Å². The van der Waals surface area contributed by atoms with E-state index < -0.39 is 0 Å². The van der Waals surface area contributed by atoms with Gasteiger partial charge in [-0.1, -0.05) is 133 Å². The van der Waals surface area contributed by atoms with Crippen LogP contribution < -0.4 is 4.90 Å². The second kappa shape index (κ2) is 11.4. The lowest BCUT2D eigenvalue weighted by Gasteiger charge is -2.25. The second-order valence-corrected chi connectivity index (χ2v) is 12.7. The van der Waals surface area contributed by atoms with Gasteiger partial charge in [0.2, 0.25) is 5.95 Å². The van der Waals surface area contributed by atoms with Crippen LogP contribution in [0.4, 0.5) is 17.3 Å². The molecule has 2 aromatic heterocycles. The fraction of sp³-hybridized carbons (Fsp3) is 0. The first-order valence-corrected chi connectivity index (χ1v) is 16.9. The molecule has 0 aliphatic carbocycles. The van der Waals surface area contributed by atoms with Crippen molar-refractivity contribution >= 4 is 39.1 Å². The maximum absolute atomic E-state index is 5.41. The number of anilines is 3. The Hall–Kier alpha value is -6.78. The van der Waals surface area contributed by atoms with E-state index >= 15 is 0 Å². The molecule has 0 atom stereocenters. The predicted octanol–water partition coefficient (Wildman–Crippen LogP) is 12.0. The van der Waals surface area contributed by atoms with Gasteiger partial charge in [0.25, 0.3) is 0 Å². The zero-order valence-electron chi connectivity index (χ0n) is 27.1. The molecule has 0 amide bonds. The highest BCUT2D eigenvalue weighted by atomic mass is 15.3. The smallest absolute Gasteiger partial charge is 0.220 e. The van der Waals surface area contributed by atoms with Gasteiger partial charge in [0.15, 0.2) is 0 Å². The third-order valence-electron chi connectivity index (χ3n) is 9.69. The number of hydrogen-bond donors (Lipinski definition) is 0. The van der Waals surface area contributed by atoms with Gasteiger partial charge in [0, 0.05) is 27.9 Å². The summed E-state index contributed by atoms with van der Waals surface area (Å²) in [5.41, 5.74) is 13.9. The normalized spacial score (nSPS) is 12.0. The molecule has 234 valence electrons. The molecule has 0 N–H and O–H groups in total. The lowest BCUT2D eigenvalue weighted by atomic mass is 9.99. The summed E-state index contributed by atoms with van der Waals surface area (Å²) in [4.78, 5) is 12.9. The van der Waals surface area contributed by atoms with Gasteiger partial charge in [-0.3, -0.25) is 9.47 Å². The molecule has 0 radical (unpaired) electrons. The topological polar surface area (TPSA) is 34.0 Å². The van der Waals surface area contributed by atoms with E-state index in [1.807, 2.05) is 12.1 Å². The van der Waals surface area contributed by atoms with E-state index in [-0.39, 0.29) is 0 Å². The zero-order chi connectivity index (χ0) is 33.0. The van der Waals surface area contributed by atoms with Gasteiger partial charge in [0.1, 0.15) is 0 Å². The number of para-hydroxylation sites is 2. The Kier molecular flexibility index (Phi) is 6.46. The summed E-state index contributed by atoms with van der Waals surface area (Å²) in [5.74, 6) is 0.856. The highest BCUT2D eigenvalue weighted by molar-refractivity contribution is 6.01.